The lowest BCUT2D eigenvalue weighted by molar-refractivity contribution is 0.607. The molecule has 0 fully saturated rings. The fourth-order valence-electron chi connectivity index (χ4n) is 4.30. The van der Waals surface area contributed by atoms with Crippen LogP contribution in [0.15, 0.2) is 73.2 Å². The van der Waals surface area contributed by atoms with E-state index in [2.05, 4.69) is 61.1 Å². The summed E-state index contributed by atoms with van der Waals surface area (Å²) in [5.41, 5.74) is 8.24. The number of aromatic amines is 2. The van der Waals surface area contributed by atoms with E-state index in [1.165, 1.54) is 11.8 Å². The summed E-state index contributed by atoms with van der Waals surface area (Å²) in [6, 6.07) is 18.1. The minimum absolute atomic E-state index is 0.378. The molecular formula is C26H21N7O2S. The Kier molecular flexibility index (Phi) is 5.04. The number of H-pyrrole nitrogens is 2. The van der Waals surface area contributed by atoms with Gasteiger partial charge in [-0.3, -0.25) is 14.8 Å². The lowest BCUT2D eigenvalue weighted by Gasteiger charge is -2.06. The number of hydrogen-bond acceptors (Lipinski definition) is 6. The Labute approximate surface area is 206 Å². The molecule has 6 aromatic rings. The van der Waals surface area contributed by atoms with Crippen molar-refractivity contribution in [3.63, 3.8) is 0 Å². The second kappa shape index (κ2) is 8.28. The molecule has 0 spiro atoms. The standard InChI is InChI=1S/C26H21N7O2S/c1-15-5-3-6-16(9-15)20-7-4-8-22-23(20)30-26(29-22)24-21-11-18(13-28-25(21)32-31-24)17-10-19(14-27-12-17)33-36(2,34)35/h3-14,33H,1-2H3,(H,29,30)(H,28,31,32). The minimum atomic E-state index is -3.42. The Morgan fingerprint density at radius 2 is 1.75 bits per heavy atom. The van der Waals surface area contributed by atoms with E-state index in [0.29, 0.717) is 22.9 Å². The van der Waals surface area contributed by atoms with Gasteiger partial charge in [0.1, 0.15) is 5.69 Å². The number of aromatic nitrogens is 6. The molecule has 0 atom stereocenters. The number of imidazole rings is 1. The van der Waals surface area contributed by atoms with E-state index in [9.17, 15) is 8.42 Å². The molecule has 4 aromatic heterocycles. The Balaban J connectivity index is 1.45. The summed E-state index contributed by atoms with van der Waals surface area (Å²) in [4.78, 5) is 17.0. The van der Waals surface area contributed by atoms with E-state index < -0.39 is 10.0 Å². The largest absolute Gasteiger partial charge is 0.337 e. The van der Waals surface area contributed by atoms with Gasteiger partial charge in [0.2, 0.25) is 10.0 Å². The third-order valence-electron chi connectivity index (χ3n) is 5.86. The number of sulfonamides is 1. The molecule has 4 heterocycles. The topological polar surface area (TPSA) is 129 Å². The van der Waals surface area contributed by atoms with Crippen molar-refractivity contribution in [2.45, 2.75) is 6.92 Å². The molecule has 0 aliphatic heterocycles. The summed E-state index contributed by atoms with van der Waals surface area (Å²) in [5.74, 6) is 0.650. The summed E-state index contributed by atoms with van der Waals surface area (Å²) >= 11 is 0. The van der Waals surface area contributed by atoms with Crippen LogP contribution in [0.25, 0.3) is 55.8 Å². The number of benzene rings is 2. The van der Waals surface area contributed by atoms with Gasteiger partial charge in [0, 0.05) is 29.1 Å². The van der Waals surface area contributed by atoms with Gasteiger partial charge in [-0.1, -0.05) is 42.0 Å². The van der Waals surface area contributed by atoms with Crippen LogP contribution in [0.2, 0.25) is 0 Å². The number of rotatable bonds is 5. The second-order valence-electron chi connectivity index (χ2n) is 8.69. The average Bonchev–Trinajstić information content (AvgIpc) is 3.46. The molecule has 2 aromatic carbocycles. The fourth-order valence-corrected chi connectivity index (χ4v) is 4.84. The zero-order valence-corrected chi connectivity index (χ0v) is 20.3. The molecule has 178 valence electrons. The van der Waals surface area contributed by atoms with Gasteiger partial charge in [0.05, 0.1) is 34.6 Å². The molecule has 0 saturated heterocycles. The summed E-state index contributed by atoms with van der Waals surface area (Å²) in [5, 5.41) is 8.20. The lowest BCUT2D eigenvalue weighted by atomic mass is 10.0. The van der Waals surface area contributed by atoms with Crippen molar-refractivity contribution < 1.29 is 8.42 Å². The molecule has 10 heteroatoms. The summed E-state index contributed by atoms with van der Waals surface area (Å²) < 4.78 is 25.7. The lowest BCUT2D eigenvalue weighted by Crippen LogP contribution is -2.09. The smallest absolute Gasteiger partial charge is 0.229 e. The predicted molar refractivity (Wildman–Crippen MR) is 141 cm³/mol. The van der Waals surface area contributed by atoms with Crippen LogP contribution < -0.4 is 4.72 Å². The van der Waals surface area contributed by atoms with Crippen LogP contribution in [0, 0.1) is 6.92 Å². The molecule has 0 unspecified atom stereocenters. The number of pyridine rings is 2. The summed E-state index contributed by atoms with van der Waals surface area (Å²) in [6.07, 6.45) is 5.90. The molecule has 0 amide bonds. The van der Waals surface area contributed by atoms with Crippen LogP contribution in [0.4, 0.5) is 5.69 Å². The second-order valence-corrected chi connectivity index (χ2v) is 10.4. The Hall–Kier alpha value is -4.57. The van der Waals surface area contributed by atoms with Crippen LogP contribution in [0.3, 0.4) is 0 Å². The van der Waals surface area contributed by atoms with Crippen LogP contribution in [0.5, 0.6) is 0 Å². The highest BCUT2D eigenvalue weighted by atomic mass is 32.2. The number of anilines is 1. The number of hydrogen-bond donors (Lipinski definition) is 3. The first kappa shape index (κ1) is 21.9. The van der Waals surface area contributed by atoms with E-state index in [1.54, 1.807) is 18.5 Å². The molecule has 0 aliphatic carbocycles. The van der Waals surface area contributed by atoms with Gasteiger partial charge in [-0.05, 0) is 30.7 Å². The highest BCUT2D eigenvalue weighted by Crippen LogP contribution is 2.33. The molecule has 3 N–H and O–H groups in total. The number of aryl methyl sites for hydroxylation is 1. The third-order valence-corrected chi connectivity index (χ3v) is 6.47. The van der Waals surface area contributed by atoms with Crippen LogP contribution in [0.1, 0.15) is 5.56 Å². The number of nitrogens with zero attached hydrogens (tertiary/aromatic N) is 4. The van der Waals surface area contributed by atoms with Gasteiger partial charge in [0.25, 0.3) is 0 Å². The quantitative estimate of drug-likeness (QED) is 0.312. The average molecular weight is 496 g/mol. The zero-order valence-electron chi connectivity index (χ0n) is 19.4. The van der Waals surface area contributed by atoms with Crippen molar-refractivity contribution in [3.05, 3.63) is 78.8 Å². The summed E-state index contributed by atoms with van der Waals surface area (Å²) in [6.45, 7) is 2.07. The normalized spacial score (nSPS) is 11.8. The van der Waals surface area contributed by atoms with Gasteiger partial charge in [0.15, 0.2) is 11.5 Å². The predicted octanol–water partition coefficient (Wildman–Crippen LogP) is 4.91. The first-order valence-corrected chi connectivity index (χ1v) is 13.1. The molecule has 9 nitrogen and oxygen atoms in total. The number of nitrogens with one attached hydrogen (secondary N) is 3. The highest BCUT2D eigenvalue weighted by Gasteiger charge is 2.16. The molecule has 36 heavy (non-hydrogen) atoms. The van der Waals surface area contributed by atoms with Crippen molar-refractivity contribution in [2.24, 2.45) is 0 Å². The molecule has 6 rings (SSSR count). The number of fused-ring (bicyclic) bond motifs is 2. The van der Waals surface area contributed by atoms with Crippen LogP contribution in [-0.4, -0.2) is 44.8 Å². The van der Waals surface area contributed by atoms with E-state index >= 15 is 0 Å². The maximum atomic E-state index is 11.6. The molecular weight excluding hydrogens is 474 g/mol. The van der Waals surface area contributed by atoms with Crippen LogP contribution in [-0.2, 0) is 10.0 Å². The van der Waals surface area contributed by atoms with Gasteiger partial charge in [-0.15, -0.1) is 0 Å². The monoisotopic (exact) mass is 495 g/mol. The molecule has 0 radical (unpaired) electrons. The van der Waals surface area contributed by atoms with E-state index in [1.807, 2.05) is 24.3 Å². The van der Waals surface area contributed by atoms with Gasteiger partial charge in [-0.25, -0.2) is 18.4 Å². The van der Waals surface area contributed by atoms with E-state index in [-0.39, 0.29) is 0 Å². The first-order chi connectivity index (χ1) is 17.3. The van der Waals surface area contributed by atoms with Crippen molar-refractivity contribution in [2.75, 3.05) is 11.0 Å². The third kappa shape index (κ3) is 4.07. The Morgan fingerprint density at radius 3 is 2.58 bits per heavy atom. The van der Waals surface area contributed by atoms with E-state index in [4.69, 9.17) is 4.98 Å². The first-order valence-electron chi connectivity index (χ1n) is 11.2. The maximum absolute atomic E-state index is 11.6. The maximum Gasteiger partial charge on any atom is 0.229 e. The van der Waals surface area contributed by atoms with Crippen molar-refractivity contribution in [1.82, 2.24) is 30.1 Å². The molecule has 0 saturated carbocycles. The summed E-state index contributed by atoms with van der Waals surface area (Å²) in [7, 11) is -3.42. The van der Waals surface area contributed by atoms with Gasteiger partial charge < -0.3 is 4.98 Å². The molecule has 0 bridgehead atoms. The van der Waals surface area contributed by atoms with Gasteiger partial charge in [-0.2, -0.15) is 5.10 Å². The minimum Gasteiger partial charge on any atom is -0.337 e. The number of para-hydroxylation sites is 1. The van der Waals surface area contributed by atoms with Crippen LogP contribution >= 0.6 is 0 Å². The fraction of sp³-hybridized carbons (Fsp3) is 0.0769. The Bertz CT molecular complexity index is 1870. The van der Waals surface area contributed by atoms with Crippen molar-refractivity contribution in [3.8, 4) is 33.8 Å². The highest BCUT2D eigenvalue weighted by molar-refractivity contribution is 7.92. The van der Waals surface area contributed by atoms with Crippen molar-refractivity contribution >= 4 is 37.8 Å². The SMILES string of the molecule is Cc1cccc(-c2cccc3[nH]c(-c4[nH]nc5ncc(-c6cncc(NS(C)(=O)=O)c6)cc45)nc23)c1. The van der Waals surface area contributed by atoms with Gasteiger partial charge >= 0.3 is 0 Å². The Morgan fingerprint density at radius 1 is 0.917 bits per heavy atom. The van der Waals surface area contributed by atoms with Crippen molar-refractivity contribution in [1.29, 1.82) is 0 Å². The zero-order chi connectivity index (χ0) is 24.9. The molecule has 0 aliphatic rings. The van der Waals surface area contributed by atoms with E-state index in [0.717, 1.165) is 44.9 Å².